The van der Waals surface area contributed by atoms with Gasteiger partial charge in [0.2, 0.25) is 5.91 Å². The first-order chi connectivity index (χ1) is 9.99. The van der Waals surface area contributed by atoms with Gasteiger partial charge in [0.1, 0.15) is 0 Å². The number of nitrogens with two attached hydrogens (primary N) is 1. The van der Waals surface area contributed by atoms with Crippen molar-refractivity contribution >= 4 is 17.6 Å². The van der Waals surface area contributed by atoms with Crippen LogP contribution in [0.4, 0.5) is 5.69 Å². The predicted molar refractivity (Wildman–Crippen MR) is 81.1 cm³/mol. The van der Waals surface area contributed by atoms with Gasteiger partial charge in [-0.25, -0.2) is 0 Å². The lowest BCUT2D eigenvalue weighted by Gasteiger charge is -2.13. The smallest absolute Gasteiger partial charge is 0.314 e. The number of carbonyl (C=O) groups excluding carboxylic acids is 1. The van der Waals surface area contributed by atoms with Gasteiger partial charge in [0.15, 0.2) is 0 Å². The highest BCUT2D eigenvalue weighted by molar-refractivity contribution is 5.94. The summed E-state index contributed by atoms with van der Waals surface area (Å²) in [7, 11) is 0. The number of hydrogen-bond donors (Lipinski definition) is 3. The summed E-state index contributed by atoms with van der Waals surface area (Å²) < 4.78 is 0. The van der Waals surface area contributed by atoms with E-state index in [4.69, 9.17) is 5.73 Å². The van der Waals surface area contributed by atoms with Crippen molar-refractivity contribution in [3.63, 3.8) is 0 Å². The molecule has 0 spiro atoms. The third-order valence-corrected chi connectivity index (χ3v) is 4.07. The van der Waals surface area contributed by atoms with E-state index < -0.39 is 17.4 Å². The van der Waals surface area contributed by atoms with Crippen molar-refractivity contribution in [1.29, 1.82) is 0 Å². The van der Waals surface area contributed by atoms with Gasteiger partial charge < -0.3 is 16.2 Å². The van der Waals surface area contributed by atoms with Gasteiger partial charge in [0.05, 0.1) is 11.5 Å². The monoisotopic (exact) mass is 290 g/mol. The number of carboxylic acids is 1. The van der Waals surface area contributed by atoms with Crippen molar-refractivity contribution in [2.45, 2.75) is 50.5 Å². The molecule has 5 nitrogen and oxygen atoms in total. The number of benzene rings is 1. The number of nitrogens with one attached hydrogen (secondary N) is 1. The lowest BCUT2D eigenvalue weighted by Crippen LogP contribution is -2.35. The van der Waals surface area contributed by atoms with E-state index in [1.54, 1.807) is 24.3 Å². The average Bonchev–Trinajstić information content (AvgIpc) is 3.27. The number of aliphatic carboxylic acids is 1. The summed E-state index contributed by atoms with van der Waals surface area (Å²) in [5.74, 6) is -0.976. The van der Waals surface area contributed by atoms with Gasteiger partial charge in [-0.2, -0.15) is 0 Å². The van der Waals surface area contributed by atoms with Crippen LogP contribution >= 0.6 is 0 Å². The minimum absolute atomic E-state index is 0.199. The molecule has 21 heavy (non-hydrogen) atoms. The summed E-state index contributed by atoms with van der Waals surface area (Å²) in [6.07, 6.45) is 3.95. The molecule has 0 radical (unpaired) electrons. The standard InChI is InChI=1S/C16H22N2O3/c1-2-3-4-13(17)14(19)18-12-7-5-11(6-8-12)16(9-10-16)15(20)21/h5-8,13H,2-4,9-10,17H2,1H3,(H,18,19)(H,20,21)/t13-/m0/s1. The number of hydrogen-bond acceptors (Lipinski definition) is 3. The molecule has 1 aliphatic carbocycles. The number of anilines is 1. The van der Waals surface area contributed by atoms with Crippen LogP contribution < -0.4 is 11.1 Å². The second-order valence-corrected chi connectivity index (χ2v) is 5.70. The van der Waals surface area contributed by atoms with Crippen molar-refractivity contribution in [1.82, 2.24) is 0 Å². The molecule has 0 unspecified atom stereocenters. The first kappa shape index (κ1) is 15.5. The first-order valence-corrected chi connectivity index (χ1v) is 7.40. The minimum atomic E-state index is -0.777. The Balaban J connectivity index is 1.97. The third-order valence-electron chi connectivity index (χ3n) is 4.07. The molecule has 4 N–H and O–H groups in total. The van der Waals surface area contributed by atoms with Gasteiger partial charge in [-0.15, -0.1) is 0 Å². The summed E-state index contributed by atoms with van der Waals surface area (Å²) >= 11 is 0. The molecule has 1 aliphatic rings. The fourth-order valence-electron chi connectivity index (χ4n) is 2.41. The number of carbonyl (C=O) groups is 2. The van der Waals surface area contributed by atoms with Gasteiger partial charge in [0, 0.05) is 5.69 Å². The van der Waals surface area contributed by atoms with Crippen LogP contribution in [0.15, 0.2) is 24.3 Å². The maximum Gasteiger partial charge on any atom is 0.314 e. The highest BCUT2D eigenvalue weighted by atomic mass is 16.4. The lowest BCUT2D eigenvalue weighted by atomic mass is 9.96. The molecule has 0 aromatic heterocycles. The second-order valence-electron chi connectivity index (χ2n) is 5.70. The van der Waals surface area contributed by atoms with Gasteiger partial charge in [-0.1, -0.05) is 31.9 Å². The summed E-state index contributed by atoms with van der Waals surface area (Å²) in [5, 5.41) is 12.0. The zero-order valence-electron chi connectivity index (χ0n) is 12.3. The van der Waals surface area contributed by atoms with Gasteiger partial charge in [-0.05, 0) is 37.0 Å². The molecule has 0 bridgehead atoms. The van der Waals surface area contributed by atoms with Gasteiger partial charge in [0.25, 0.3) is 0 Å². The number of rotatable bonds is 7. The molecule has 1 aromatic rings. The molecule has 1 atom stereocenters. The zero-order chi connectivity index (χ0) is 15.5. The van der Waals surface area contributed by atoms with Crippen molar-refractivity contribution in [2.24, 2.45) is 5.73 Å². The van der Waals surface area contributed by atoms with E-state index >= 15 is 0 Å². The van der Waals surface area contributed by atoms with E-state index in [2.05, 4.69) is 12.2 Å². The van der Waals surface area contributed by atoms with Crippen molar-refractivity contribution in [3.05, 3.63) is 29.8 Å². The highest BCUT2D eigenvalue weighted by Gasteiger charge is 2.51. The van der Waals surface area contributed by atoms with Crippen LogP contribution in [-0.4, -0.2) is 23.0 Å². The van der Waals surface area contributed by atoms with Crippen molar-refractivity contribution < 1.29 is 14.7 Å². The Labute approximate surface area is 124 Å². The number of unbranched alkanes of at least 4 members (excludes halogenated alkanes) is 1. The van der Waals surface area contributed by atoms with E-state index in [1.165, 1.54) is 0 Å². The van der Waals surface area contributed by atoms with Crippen LogP contribution in [-0.2, 0) is 15.0 Å². The van der Waals surface area contributed by atoms with Crippen LogP contribution in [0.1, 0.15) is 44.6 Å². The van der Waals surface area contributed by atoms with Gasteiger partial charge >= 0.3 is 5.97 Å². The molecule has 5 heteroatoms. The Morgan fingerprint density at radius 3 is 2.43 bits per heavy atom. The Morgan fingerprint density at radius 2 is 1.95 bits per heavy atom. The zero-order valence-corrected chi connectivity index (χ0v) is 12.3. The van der Waals surface area contributed by atoms with Crippen LogP contribution in [0.5, 0.6) is 0 Å². The molecule has 1 aromatic carbocycles. The lowest BCUT2D eigenvalue weighted by molar-refractivity contribution is -0.140. The van der Waals surface area contributed by atoms with E-state index in [1.807, 2.05) is 0 Å². The molecule has 2 rings (SSSR count). The molecule has 1 saturated carbocycles. The second kappa shape index (κ2) is 6.26. The summed E-state index contributed by atoms with van der Waals surface area (Å²) in [6.45, 7) is 2.06. The van der Waals surface area contributed by atoms with E-state index in [0.29, 0.717) is 24.9 Å². The molecule has 0 aliphatic heterocycles. The van der Waals surface area contributed by atoms with E-state index in [0.717, 1.165) is 18.4 Å². The highest BCUT2D eigenvalue weighted by Crippen LogP contribution is 2.48. The summed E-state index contributed by atoms with van der Waals surface area (Å²) in [5.41, 5.74) is 6.55. The Morgan fingerprint density at radius 1 is 1.33 bits per heavy atom. The molecular weight excluding hydrogens is 268 g/mol. The Bertz CT molecular complexity index is 521. The molecule has 114 valence electrons. The SMILES string of the molecule is CCCC[C@H](N)C(=O)Nc1ccc(C2(C(=O)O)CC2)cc1. The Kier molecular flexibility index (Phi) is 4.63. The number of amides is 1. The molecule has 0 heterocycles. The maximum atomic E-state index is 11.9. The molecule has 1 amide bonds. The van der Waals surface area contributed by atoms with Crippen molar-refractivity contribution in [3.8, 4) is 0 Å². The number of carboxylic acid groups (broad SMARTS) is 1. The molecular formula is C16H22N2O3. The predicted octanol–water partition coefficient (Wildman–Crippen LogP) is 2.26. The molecule has 1 fully saturated rings. The third kappa shape index (κ3) is 3.42. The van der Waals surface area contributed by atoms with Gasteiger partial charge in [-0.3, -0.25) is 9.59 Å². The maximum absolute atomic E-state index is 11.9. The fraction of sp³-hybridized carbons (Fsp3) is 0.500. The first-order valence-electron chi connectivity index (χ1n) is 7.40. The largest absolute Gasteiger partial charge is 0.481 e. The Hall–Kier alpha value is -1.88. The molecule has 0 saturated heterocycles. The van der Waals surface area contributed by atoms with E-state index in [-0.39, 0.29) is 5.91 Å². The average molecular weight is 290 g/mol. The quantitative estimate of drug-likeness (QED) is 0.718. The normalized spacial score (nSPS) is 17.0. The van der Waals surface area contributed by atoms with Crippen LogP contribution in [0.3, 0.4) is 0 Å². The van der Waals surface area contributed by atoms with Crippen LogP contribution in [0.2, 0.25) is 0 Å². The van der Waals surface area contributed by atoms with Crippen molar-refractivity contribution in [2.75, 3.05) is 5.32 Å². The minimum Gasteiger partial charge on any atom is -0.481 e. The summed E-state index contributed by atoms with van der Waals surface area (Å²) in [4.78, 5) is 23.1. The van der Waals surface area contributed by atoms with Crippen LogP contribution in [0.25, 0.3) is 0 Å². The summed E-state index contributed by atoms with van der Waals surface area (Å²) in [6, 6.07) is 6.52. The van der Waals surface area contributed by atoms with E-state index in [9.17, 15) is 14.7 Å². The van der Waals surface area contributed by atoms with Crippen LogP contribution in [0, 0.1) is 0 Å². The topological polar surface area (TPSA) is 92.4 Å². The fourth-order valence-corrected chi connectivity index (χ4v) is 2.41.